The van der Waals surface area contributed by atoms with Crippen molar-refractivity contribution in [1.82, 2.24) is 14.7 Å². The highest BCUT2D eigenvalue weighted by Gasteiger charge is 2.29. The average molecular weight is 432 g/mol. The molecule has 1 aliphatic heterocycles. The second-order valence-electron chi connectivity index (χ2n) is 6.76. The summed E-state index contributed by atoms with van der Waals surface area (Å²) in [4.78, 5) is 7.26. The minimum atomic E-state index is -1.41. The summed E-state index contributed by atoms with van der Waals surface area (Å²) in [6.45, 7) is 7.58. The molecule has 1 heterocycles. The summed E-state index contributed by atoms with van der Waals surface area (Å²) in [7, 11) is 9.65. The molecule has 0 saturated carbocycles. The molecule has 7 nitrogen and oxygen atoms in total. The Morgan fingerprint density at radius 1 is 1.00 bits per heavy atom. The predicted molar refractivity (Wildman–Crippen MR) is 114 cm³/mol. The molecule has 0 bridgehead atoms. The van der Waals surface area contributed by atoms with E-state index >= 15 is 0 Å². The van der Waals surface area contributed by atoms with E-state index in [-0.39, 0.29) is 0 Å². The smallest absolute Gasteiger partial charge is 0.397 e. The third kappa shape index (κ3) is 8.88. The molecule has 1 fully saturated rings. The Bertz CT molecular complexity index is 430. The molecule has 1 rings (SSSR count). The number of nitrogens with zero attached hydrogens (tertiary/aromatic N) is 3. The summed E-state index contributed by atoms with van der Waals surface area (Å²) in [6.07, 6.45) is 2.17. The molecule has 1 saturated heterocycles. The largest absolute Gasteiger partial charge is 0.440 e. The average Bonchev–Trinajstić information content (AvgIpc) is 2.68. The van der Waals surface area contributed by atoms with Gasteiger partial charge < -0.3 is 32.4 Å². The van der Waals surface area contributed by atoms with Crippen LogP contribution in [0.15, 0.2) is 10.5 Å². The molecule has 0 atom stereocenters. The fourth-order valence-corrected chi connectivity index (χ4v) is 6.95. The Morgan fingerprint density at radius 2 is 1.59 bits per heavy atom. The van der Waals surface area contributed by atoms with Gasteiger partial charge in [-0.2, -0.15) is 0 Å². The maximum atomic E-state index is 5.72. The first-order valence-corrected chi connectivity index (χ1v) is 13.5. The van der Waals surface area contributed by atoms with Gasteiger partial charge in [-0.25, -0.2) is 0 Å². The first-order chi connectivity index (χ1) is 13.0. The van der Waals surface area contributed by atoms with Crippen LogP contribution in [0.5, 0.6) is 0 Å². The molecule has 0 aromatic carbocycles. The highest BCUT2D eigenvalue weighted by Crippen LogP contribution is 2.17. The molecule has 0 unspecified atom stereocenters. The summed E-state index contributed by atoms with van der Waals surface area (Å²) < 4.78 is 22.2. The summed E-state index contributed by atoms with van der Waals surface area (Å²) >= 11 is 0. The third-order valence-corrected chi connectivity index (χ3v) is 9.94. The zero-order valence-electron chi connectivity index (χ0n) is 18.1. The maximum absolute atomic E-state index is 5.72. The van der Waals surface area contributed by atoms with Crippen molar-refractivity contribution in [3.8, 4) is 0 Å². The van der Waals surface area contributed by atoms with Gasteiger partial charge in [-0.3, -0.25) is 0 Å². The van der Waals surface area contributed by atoms with E-state index in [0.717, 1.165) is 60.9 Å². The van der Waals surface area contributed by atoms with Crippen molar-refractivity contribution in [3.05, 3.63) is 10.5 Å². The van der Waals surface area contributed by atoms with Crippen molar-refractivity contribution in [2.75, 3.05) is 81.4 Å². The molecule has 1 aliphatic rings. The summed E-state index contributed by atoms with van der Waals surface area (Å²) in [6, 6.07) is 1.02. The Balaban J connectivity index is 2.61. The van der Waals surface area contributed by atoms with Gasteiger partial charge in [0.1, 0.15) is 0 Å². The molecule has 0 aromatic heterocycles. The lowest BCUT2D eigenvalue weighted by atomic mass is 10.3. The first kappa shape index (κ1) is 25.0. The topological polar surface area (TPSA) is 46.6 Å². The molecule has 0 aliphatic carbocycles. The molecule has 0 N–H and O–H groups in total. The highest BCUT2D eigenvalue weighted by atomic mass is 28.3. The lowest BCUT2D eigenvalue weighted by Crippen LogP contribution is -2.48. The number of piperazine rings is 1. The molecular formula is C17H37N3O4Si3. The lowest BCUT2D eigenvalue weighted by Gasteiger charge is -2.37. The van der Waals surface area contributed by atoms with Crippen LogP contribution in [0.2, 0.25) is 6.04 Å². The molecule has 0 amide bonds. The minimum Gasteiger partial charge on any atom is -0.397 e. The number of hydrogen-bond donors (Lipinski definition) is 0. The van der Waals surface area contributed by atoms with Crippen LogP contribution in [0.3, 0.4) is 0 Å². The van der Waals surface area contributed by atoms with E-state index < -0.39 is 18.6 Å². The molecule has 4 radical (unpaired) electrons. The van der Waals surface area contributed by atoms with Gasteiger partial charge in [0.15, 0.2) is 0 Å². The van der Waals surface area contributed by atoms with Crippen LogP contribution >= 0.6 is 0 Å². The normalized spacial score (nSPS) is 17.3. The monoisotopic (exact) mass is 431 g/mol. The van der Waals surface area contributed by atoms with Crippen LogP contribution in [-0.2, 0) is 17.7 Å². The van der Waals surface area contributed by atoms with E-state index in [0.29, 0.717) is 0 Å². The molecule has 156 valence electrons. The SMILES string of the molecule is CO[Si](CCCN(C)C[Si]C(C)=C(N1CCN(C)CC1)[Si](OC)OC)OC. The number of rotatable bonds is 13. The number of allylic oxidation sites excluding steroid dienone is 1. The van der Waals surface area contributed by atoms with Crippen molar-refractivity contribution < 1.29 is 17.7 Å². The van der Waals surface area contributed by atoms with E-state index in [1.165, 1.54) is 10.5 Å². The van der Waals surface area contributed by atoms with Crippen LogP contribution in [0, 0.1) is 0 Å². The summed E-state index contributed by atoms with van der Waals surface area (Å²) in [5.41, 5.74) is 0. The van der Waals surface area contributed by atoms with Gasteiger partial charge >= 0.3 is 18.6 Å². The lowest BCUT2D eigenvalue weighted by molar-refractivity contribution is 0.180. The van der Waals surface area contributed by atoms with Crippen molar-refractivity contribution in [2.45, 2.75) is 19.4 Å². The minimum absolute atomic E-state index is 0.752. The van der Waals surface area contributed by atoms with E-state index in [2.05, 4.69) is 35.7 Å². The van der Waals surface area contributed by atoms with Gasteiger partial charge in [0.25, 0.3) is 0 Å². The van der Waals surface area contributed by atoms with E-state index in [9.17, 15) is 0 Å². The molecule has 10 heteroatoms. The Labute approximate surface area is 172 Å². The van der Waals surface area contributed by atoms with E-state index in [1.54, 1.807) is 28.4 Å². The van der Waals surface area contributed by atoms with Crippen LogP contribution in [0.4, 0.5) is 0 Å². The van der Waals surface area contributed by atoms with Gasteiger partial charge in [0.05, 0.1) is 14.8 Å². The van der Waals surface area contributed by atoms with Crippen LogP contribution in [0.25, 0.3) is 0 Å². The van der Waals surface area contributed by atoms with Crippen molar-refractivity contribution in [1.29, 1.82) is 0 Å². The zero-order chi connectivity index (χ0) is 20.2. The molecule has 0 aromatic rings. The van der Waals surface area contributed by atoms with E-state index in [1.807, 2.05) is 0 Å². The highest BCUT2D eigenvalue weighted by molar-refractivity contribution is 6.58. The van der Waals surface area contributed by atoms with Gasteiger partial charge in [0, 0.05) is 54.6 Å². The summed E-state index contributed by atoms with van der Waals surface area (Å²) in [5.74, 6) is 0. The number of likely N-dealkylation sites (N-methyl/N-ethyl adjacent to an activating group) is 1. The van der Waals surface area contributed by atoms with E-state index in [4.69, 9.17) is 17.7 Å². The quantitative estimate of drug-likeness (QED) is 0.395. The Kier molecular flexibility index (Phi) is 13.0. The van der Waals surface area contributed by atoms with Crippen molar-refractivity contribution >= 4 is 28.1 Å². The van der Waals surface area contributed by atoms with Crippen LogP contribution in [-0.4, -0.2) is 124 Å². The maximum Gasteiger partial charge on any atom is 0.440 e. The Morgan fingerprint density at radius 3 is 2.11 bits per heavy atom. The van der Waals surface area contributed by atoms with Gasteiger partial charge in [-0.15, -0.1) is 0 Å². The fourth-order valence-electron chi connectivity index (χ4n) is 3.02. The van der Waals surface area contributed by atoms with Gasteiger partial charge in [0.2, 0.25) is 0 Å². The van der Waals surface area contributed by atoms with Crippen molar-refractivity contribution in [3.63, 3.8) is 0 Å². The third-order valence-electron chi connectivity index (χ3n) is 4.73. The van der Waals surface area contributed by atoms with Gasteiger partial charge in [-0.05, 0) is 46.2 Å². The first-order valence-electron chi connectivity index (χ1n) is 9.42. The van der Waals surface area contributed by atoms with Gasteiger partial charge in [-0.1, -0.05) is 5.20 Å². The molecule has 0 spiro atoms. The van der Waals surface area contributed by atoms with Crippen molar-refractivity contribution in [2.24, 2.45) is 0 Å². The summed E-state index contributed by atoms with van der Waals surface area (Å²) in [5, 5.41) is 2.73. The van der Waals surface area contributed by atoms with Crippen LogP contribution < -0.4 is 0 Å². The molecular weight excluding hydrogens is 394 g/mol. The van der Waals surface area contributed by atoms with Crippen LogP contribution in [0.1, 0.15) is 13.3 Å². The molecule has 27 heavy (non-hydrogen) atoms. The Hall–Kier alpha value is -0.0494. The second kappa shape index (κ2) is 14.0. The predicted octanol–water partition coefficient (Wildman–Crippen LogP) is 0.550. The number of hydrogen-bond acceptors (Lipinski definition) is 7. The standard InChI is InChI=1S/C17H37N3O4Si3/c1-16(25-15-19(3)9-8-14-26(21-4)22-5)17(27(23-6)24-7)20-12-10-18(2)11-13-20/h8-15H2,1-7H3. The second-order valence-corrected chi connectivity index (χ2v) is 12.1. The fraction of sp³-hybridized carbons (Fsp3) is 0.882. The zero-order valence-corrected chi connectivity index (χ0v) is 21.1.